The van der Waals surface area contributed by atoms with Gasteiger partial charge in [-0.2, -0.15) is 8.78 Å². The molecule has 1 fully saturated rings. The Hall–Kier alpha value is -1.25. The maximum Gasteiger partial charge on any atom is 0.325 e. The SMILES string of the molecule is C[C@H]1O[C@@H](N2C=CC(N)NC2=O)C(F)(F)[C@@H]1O. The molecule has 2 amide bonds. The summed E-state index contributed by atoms with van der Waals surface area (Å²) in [4.78, 5) is 12.2. The van der Waals surface area contributed by atoms with E-state index in [4.69, 9.17) is 10.5 Å². The summed E-state index contributed by atoms with van der Waals surface area (Å²) in [5, 5.41) is 11.5. The normalized spacial score (nSPS) is 40.5. The Kier molecular flexibility index (Phi) is 2.80. The van der Waals surface area contributed by atoms with Crippen molar-refractivity contribution >= 4 is 6.03 Å². The van der Waals surface area contributed by atoms with E-state index in [0.29, 0.717) is 4.90 Å². The monoisotopic (exact) mass is 249 g/mol. The lowest BCUT2D eigenvalue weighted by atomic mass is 10.1. The molecule has 17 heavy (non-hydrogen) atoms. The zero-order valence-corrected chi connectivity index (χ0v) is 9.01. The third kappa shape index (κ3) is 1.88. The smallest absolute Gasteiger partial charge is 0.325 e. The van der Waals surface area contributed by atoms with Gasteiger partial charge in [-0.05, 0) is 13.0 Å². The average molecular weight is 249 g/mol. The minimum atomic E-state index is -3.53. The number of hydrogen-bond acceptors (Lipinski definition) is 4. The molecule has 1 unspecified atom stereocenters. The fourth-order valence-corrected chi connectivity index (χ4v) is 1.78. The molecular weight excluding hydrogens is 236 g/mol. The van der Waals surface area contributed by atoms with Gasteiger partial charge in [-0.3, -0.25) is 4.90 Å². The van der Waals surface area contributed by atoms with E-state index >= 15 is 0 Å². The van der Waals surface area contributed by atoms with Gasteiger partial charge in [0.1, 0.15) is 6.10 Å². The summed E-state index contributed by atoms with van der Waals surface area (Å²) in [5.74, 6) is -3.53. The second-order valence-corrected chi connectivity index (χ2v) is 4.04. The van der Waals surface area contributed by atoms with Crippen LogP contribution in [-0.2, 0) is 4.74 Å². The van der Waals surface area contributed by atoms with Gasteiger partial charge in [0, 0.05) is 6.20 Å². The number of ether oxygens (including phenoxy) is 1. The number of aliphatic hydroxyl groups excluding tert-OH is 1. The summed E-state index contributed by atoms with van der Waals surface area (Å²) in [6.45, 7) is 1.32. The number of amides is 2. The number of nitrogens with zero attached hydrogens (tertiary/aromatic N) is 1. The number of nitrogens with one attached hydrogen (secondary N) is 1. The molecule has 0 aromatic rings. The maximum atomic E-state index is 13.6. The lowest BCUT2D eigenvalue weighted by Crippen LogP contribution is -2.57. The first kappa shape index (κ1) is 12.2. The van der Waals surface area contributed by atoms with Crippen molar-refractivity contribution in [2.45, 2.75) is 37.4 Å². The second-order valence-electron chi connectivity index (χ2n) is 4.04. The number of aliphatic hydroxyl groups is 1. The van der Waals surface area contributed by atoms with Crippen LogP contribution in [-0.4, -0.2) is 46.6 Å². The minimum Gasteiger partial charge on any atom is -0.384 e. The van der Waals surface area contributed by atoms with Crippen LogP contribution in [0.3, 0.4) is 0 Å². The summed E-state index contributed by atoms with van der Waals surface area (Å²) >= 11 is 0. The van der Waals surface area contributed by atoms with Crippen molar-refractivity contribution in [2.75, 3.05) is 0 Å². The highest BCUT2D eigenvalue weighted by molar-refractivity contribution is 5.77. The summed E-state index contributed by atoms with van der Waals surface area (Å²) < 4.78 is 32.2. The van der Waals surface area contributed by atoms with Gasteiger partial charge in [0.25, 0.3) is 0 Å². The molecule has 4 N–H and O–H groups in total. The van der Waals surface area contributed by atoms with Crippen LogP contribution >= 0.6 is 0 Å². The lowest BCUT2D eigenvalue weighted by Gasteiger charge is -2.32. The molecule has 4 atom stereocenters. The first-order valence-electron chi connectivity index (χ1n) is 5.08. The molecule has 0 bridgehead atoms. The van der Waals surface area contributed by atoms with Gasteiger partial charge in [-0.15, -0.1) is 0 Å². The fourth-order valence-electron chi connectivity index (χ4n) is 1.78. The highest BCUT2D eigenvalue weighted by Gasteiger charge is 2.60. The third-order valence-corrected chi connectivity index (χ3v) is 2.74. The molecule has 2 heterocycles. The van der Waals surface area contributed by atoms with Gasteiger partial charge < -0.3 is 20.9 Å². The summed E-state index contributed by atoms with van der Waals surface area (Å²) in [6.07, 6.45) is -3.05. The van der Waals surface area contributed by atoms with Crippen molar-refractivity contribution in [2.24, 2.45) is 5.73 Å². The zero-order chi connectivity index (χ0) is 12.8. The van der Waals surface area contributed by atoms with Gasteiger partial charge in [-0.25, -0.2) is 4.79 Å². The highest BCUT2D eigenvalue weighted by Crippen LogP contribution is 2.38. The van der Waals surface area contributed by atoms with Gasteiger partial charge in [0.05, 0.1) is 12.3 Å². The second kappa shape index (κ2) is 3.90. The van der Waals surface area contributed by atoms with E-state index in [1.807, 2.05) is 0 Å². The number of urea groups is 1. The molecule has 0 aromatic carbocycles. The predicted molar refractivity (Wildman–Crippen MR) is 52.8 cm³/mol. The number of nitrogens with two attached hydrogens (primary N) is 1. The van der Waals surface area contributed by atoms with E-state index in [0.717, 1.165) is 6.20 Å². The van der Waals surface area contributed by atoms with Crippen LogP contribution in [0.5, 0.6) is 0 Å². The van der Waals surface area contributed by atoms with Crippen LogP contribution in [0, 0.1) is 0 Å². The molecular formula is C9H13F2N3O3. The number of rotatable bonds is 1. The number of alkyl halides is 2. The maximum absolute atomic E-state index is 13.6. The largest absolute Gasteiger partial charge is 0.384 e. The van der Waals surface area contributed by atoms with Gasteiger partial charge in [0.2, 0.25) is 6.23 Å². The Balaban J connectivity index is 2.24. The molecule has 6 nitrogen and oxygen atoms in total. The van der Waals surface area contributed by atoms with Crippen molar-refractivity contribution in [1.82, 2.24) is 10.2 Å². The molecule has 8 heteroatoms. The number of halogens is 2. The van der Waals surface area contributed by atoms with Gasteiger partial charge >= 0.3 is 12.0 Å². The summed E-state index contributed by atoms with van der Waals surface area (Å²) in [5.41, 5.74) is 5.39. The van der Waals surface area contributed by atoms with E-state index in [2.05, 4.69) is 5.32 Å². The first-order valence-corrected chi connectivity index (χ1v) is 5.08. The molecule has 0 aliphatic carbocycles. The standard InChI is InChI=1S/C9H13F2N3O3/c1-4-6(15)9(10,11)7(17-4)14-3-2-5(12)13-8(14)16/h2-7,15H,12H2,1H3,(H,13,16)/t4-,5?,6-,7-/m1/s1. The van der Waals surface area contributed by atoms with E-state index < -0.39 is 36.6 Å². The lowest BCUT2D eigenvalue weighted by molar-refractivity contribution is -0.145. The van der Waals surface area contributed by atoms with Crippen LogP contribution < -0.4 is 11.1 Å². The molecule has 1 saturated heterocycles. The molecule has 0 saturated carbocycles. The molecule has 2 rings (SSSR count). The summed E-state index contributed by atoms with van der Waals surface area (Å²) in [7, 11) is 0. The van der Waals surface area contributed by atoms with Crippen LogP contribution in [0.25, 0.3) is 0 Å². The van der Waals surface area contributed by atoms with Crippen LogP contribution in [0.15, 0.2) is 12.3 Å². The molecule has 2 aliphatic rings. The zero-order valence-electron chi connectivity index (χ0n) is 9.01. The van der Waals surface area contributed by atoms with Crippen molar-refractivity contribution in [3.8, 4) is 0 Å². The first-order chi connectivity index (χ1) is 7.84. The third-order valence-electron chi connectivity index (χ3n) is 2.74. The Morgan fingerprint density at radius 3 is 2.76 bits per heavy atom. The quantitative estimate of drug-likeness (QED) is 0.587. The topological polar surface area (TPSA) is 87.8 Å². The minimum absolute atomic E-state index is 0.691. The van der Waals surface area contributed by atoms with Gasteiger partial charge in [0.15, 0.2) is 0 Å². The van der Waals surface area contributed by atoms with Crippen molar-refractivity contribution in [3.05, 3.63) is 12.3 Å². The van der Waals surface area contributed by atoms with Crippen LogP contribution in [0.4, 0.5) is 13.6 Å². The average Bonchev–Trinajstić information content (AvgIpc) is 2.43. The van der Waals surface area contributed by atoms with Crippen molar-refractivity contribution in [1.29, 1.82) is 0 Å². The Bertz CT molecular complexity index is 363. The highest BCUT2D eigenvalue weighted by atomic mass is 19.3. The van der Waals surface area contributed by atoms with E-state index in [1.165, 1.54) is 13.0 Å². The molecule has 96 valence electrons. The molecule has 0 radical (unpaired) electrons. The number of carbonyl (C=O) groups is 1. The van der Waals surface area contributed by atoms with E-state index in [9.17, 15) is 18.7 Å². The number of carbonyl (C=O) groups excluding carboxylic acids is 1. The Labute approximate surface area is 96.0 Å². The Morgan fingerprint density at radius 2 is 2.29 bits per heavy atom. The summed E-state index contributed by atoms with van der Waals surface area (Å²) in [6, 6.07) is -0.786. The van der Waals surface area contributed by atoms with Gasteiger partial charge in [-0.1, -0.05) is 0 Å². The van der Waals surface area contributed by atoms with Crippen LogP contribution in [0.2, 0.25) is 0 Å². The Morgan fingerprint density at radius 1 is 1.65 bits per heavy atom. The number of hydrogen-bond donors (Lipinski definition) is 3. The molecule has 2 aliphatic heterocycles. The van der Waals surface area contributed by atoms with Crippen LogP contribution in [0.1, 0.15) is 6.92 Å². The fraction of sp³-hybridized carbons (Fsp3) is 0.667. The molecule has 0 aromatic heterocycles. The van der Waals surface area contributed by atoms with E-state index in [-0.39, 0.29) is 0 Å². The molecule has 0 spiro atoms. The van der Waals surface area contributed by atoms with Crippen molar-refractivity contribution in [3.63, 3.8) is 0 Å². The van der Waals surface area contributed by atoms with E-state index in [1.54, 1.807) is 0 Å². The van der Waals surface area contributed by atoms with Crippen molar-refractivity contribution < 1.29 is 23.4 Å². The predicted octanol–water partition coefficient (Wildman–Crippen LogP) is -0.449.